The van der Waals surface area contributed by atoms with Crippen LogP contribution in [-0.2, 0) is 21.1 Å². The molecule has 116 valence electrons. The Hall–Kier alpha value is -1.27. The Bertz CT molecular complexity index is 646. The lowest BCUT2D eigenvalue weighted by molar-refractivity contribution is -0.116. The van der Waals surface area contributed by atoms with Crippen LogP contribution in [0.25, 0.3) is 0 Å². The van der Waals surface area contributed by atoms with Crippen LogP contribution in [-0.4, -0.2) is 32.4 Å². The van der Waals surface area contributed by atoms with Gasteiger partial charge in [-0.3, -0.25) is 4.79 Å². The molecule has 7 heteroatoms. The van der Waals surface area contributed by atoms with E-state index < -0.39 is 9.84 Å². The van der Waals surface area contributed by atoms with E-state index in [0.717, 1.165) is 24.3 Å². The highest BCUT2D eigenvalue weighted by Gasteiger charge is 2.29. The second kappa shape index (κ2) is 6.23. The number of anilines is 2. The Morgan fingerprint density at radius 3 is 2.90 bits per heavy atom. The first-order valence-corrected chi connectivity index (χ1v) is 8.71. The lowest BCUT2D eigenvalue weighted by atomic mass is 10.0. The van der Waals surface area contributed by atoms with Crippen molar-refractivity contribution in [3.63, 3.8) is 0 Å². The quantitative estimate of drug-likeness (QED) is 0.886. The monoisotopic (exact) mass is 330 g/mol. The molecule has 1 saturated heterocycles. The van der Waals surface area contributed by atoms with E-state index in [1.165, 1.54) is 5.56 Å². The summed E-state index contributed by atoms with van der Waals surface area (Å²) < 4.78 is 22.7. The molecule has 1 amide bonds. The summed E-state index contributed by atoms with van der Waals surface area (Å²) in [4.78, 5) is 12.0. The second-order valence-corrected chi connectivity index (χ2v) is 7.80. The number of fused-ring (bicyclic) bond motifs is 1. The van der Waals surface area contributed by atoms with E-state index in [1.807, 2.05) is 18.2 Å². The average molecular weight is 331 g/mol. The number of amides is 1. The van der Waals surface area contributed by atoms with Crippen molar-refractivity contribution in [2.24, 2.45) is 5.92 Å². The fourth-order valence-corrected chi connectivity index (χ4v) is 4.75. The van der Waals surface area contributed by atoms with Gasteiger partial charge in [0.15, 0.2) is 9.84 Å². The van der Waals surface area contributed by atoms with E-state index in [4.69, 9.17) is 0 Å². The maximum atomic E-state index is 12.0. The molecule has 2 heterocycles. The number of hydrogen-bond acceptors (Lipinski definition) is 4. The van der Waals surface area contributed by atoms with Gasteiger partial charge in [0.05, 0.1) is 11.5 Å². The molecule has 0 spiro atoms. The summed E-state index contributed by atoms with van der Waals surface area (Å²) in [6.07, 6.45) is 1.86. The van der Waals surface area contributed by atoms with Crippen LogP contribution in [0.15, 0.2) is 18.2 Å². The molecule has 0 bridgehead atoms. The highest BCUT2D eigenvalue weighted by molar-refractivity contribution is 7.91. The first-order chi connectivity index (χ1) is 9.52. The van der Waals surface area contributed by atoms with Crippen LogP contribution in [0, 0.1) is 5.92 Å². The van der Waals surface area contributed by atoms with Crippen LogP contribution in [0.4, 0.5) is 11.4 Å². The molecule has 21 heavy (non-hydrogen) atoms. The average Bonchev–Trinajstić information content (AvgIpc) is 2.95. The van der Waals surface area contributed by atoms with Crippen molar-refractivity contribution in [1.29, 1.82) is 0 Å². The molecule has 3 rings (SSSR count). The summed E-state index contributed by atoms with van der Waals surface area (Å²) >= 11 is 0. The fraction of sp³-hybridized carbons (Fsp3) is 0.500. The standard InChI is InChI=1S/C14H18N2O3S.ClH/c17-14(7-10-4-6-20(18,19)9-10)16-12-1-2-13-11(8-12)3-5-15-13;/h1-2,8,10,15H,3-7,9H2,(H,16,17);1H. The van der Waals surface area contributed by atoms with Crippen molar-refractivity contribution in [3.05, 3.63) is 23.8 Å². The van der Waals surface area contributed by atoms with Gasteiger partial charge in [-0.25, -0.2) is 8.42 Å². The number of nitrogens with one attached hydrogen (secondary N) is 2. The fourth-order valence-electron chi connectivity index (χ4n) is 2.89. The number of hydrogen-bond donors (Lipinski definition) is 2. The van der Waals surface area contributed by atoms with Gasteiger partial charge in [-0.2, -0.15) is 0 Å². The van der Waals surface area contributed by atoms with E-state index in [1.54, 1.807) is 0 Å². The SMILES string of the molecule is Cl.O=C(CC1CCS(=O)(=O)C1)Nc1ccc2c(c1)CCN2. The lowest BCUT2D eigenvalue weighted by Crippen LogP contribution is -2.17. The molecule has 2 aliphatic heterocycles. The van der Waals surface area contributed by atoms with Gasteiger partial charge in [0.25, 0.3) is 0 Å². The van der Waals surface area contributed by atoms with Crippen LogP contribution in [0.5, 0.6) is 0 Å². The summed E-state index contributed by atoms with van der Waals surface area (Å²) in [5.74, 6) is 0.235. The summed E-state index contributed by atoms with van der Waals surface area (Å²) in [5, 5.41) is 6.13. The molecular weight excluding hydrogens is 312 g/mol. The third-order valence-corrected chi connectivity index (χ3v) is 5.74. The van der Waals surface area contributed by atoms with E-state index >= 15 is 0 Å². The van der Waals surface area contributed by atoms with E-state index in [-0.39, 0.29) is 42.2 Å². The predicted octanol–water partition coefficient (Wildman–Crippen LogP) is 1.84. The van der Waals surface area contributed by atoms with Gasteiger partial charge in [-0.1, -0.05) is 0 Å². The zero-order chi connectivity index (χ0) is 14.2. The molecule has 2 N–H and O–H groups in total. The second-order valence-electron chi connectivity index (χ2n) is 5.57. The van der Waals surface area contributed by atoms with E-state index in [9.17, 15) is 13.2 Å². The molecular formula is C14H19ClN2O3S. The van der Waals surface area contributed by atoms with Gasteiger partial charge >= 0.3 is 0 Å². The Morgan fingerprint density at radius 1 is 1.38 bits per heavy atom. The summed E-state index contributed by atoms with van der Waals surface area (Å²) in [7, 11) is -2.91. The van der Waals surface area contributed by atoms with Crippen molar-refractivity contribution in [1.82, 2.24) is 0 Å². The van der Waals surface area contributed by atoms with Gasteiger partial charge in [0, 0.05) is 24.3 Å². The minimum atomic E-state index is -2.91. The van der Waals surface area contributed by atoms with Crippen molar-refractivity contribution in [3.8, 4) is 0 Å². The molecule has 1 fully saturated rings. The van der Waals surface area contributed by atoms with Crippen molar-refractivity contribution >= 4 is 39.5 Å². The number of benzene rings is 1. The van der Waals surface area contributed by atoms with E-state index in [2.05, 4.69) is 10.6 Å². The summed E-state index contributed by atoms with van der Waals surface area (Å²) in [6, 6.07) is 5.83. The highest BCUT2D eigenvalue weighted by Crippen LogP contribution is 2.26. The largest absolute Gasteiger partial charge is 0.384 e. The normalized spacial score (nSPS) is 22.0. The van der Waals surface area contributed by atoms with Gasteiger partial charge in [0.1, 0.15) is 0 Å². The first-order valence-electron chi connectivity index (χ1n) is 6.89. The minimum Gasteiger partial charge on any atom is -0.384 e. The number of carbonyl (C=O) groups is 1. The van der Waals surface area contributed by atoms with Crippen LogP contribution in [0.2, 0.25) is 0 Å². The Kier molecular flexibility index (Phi) is 4.78. The minimum absolute atomic E-state index is 0. The Balaban J connectivity index is 0.00000161. The maximum Gasteiger partial charge on any atom is 0.224 e. The van der Waals surface area contributed by atoms with Gasteiger partial charge in [0.2, 0.25) is 5.91 Å². The maximum absolute atomic E-state index is 12.0. The third kappa shape index (κ3) is 3.89. The summed E-state index contributed by atoms with van der Waals surface area (Å²) in [5.41, 5.74) is 3.13. The van der Waals surface area contributed by atoms with Crippen LogP contribution >= 0.6 is 12.4 Å². The zero-order valence-corrected chi connectivity index (χ0v) is 13.2. The van der Waals surface area contributed by atoms with Crippen molar-refractivity contribution < 1.29 is 13.2 Å². The van der Waals surface area contributed by atoms with Crippen LogP contribution in [0.1, 0.15) is 18.4 Å². The molecule has 0 aliphatic carbocycles. The molecule has 1 aromatic rings. The number of rotatable bonds is 3. The Labute approximate surface area is 130 Å². The lowest BCUT2D eigenvalue weighted by Gasteiger charge is -2.10. The summed E-state index contributed by atoms with van der Waals surface area (Å²) in [6.45, 7) is 0.937. The topological polar surface area (TPSA) is 75.3 Å². The number of sulfone groups is 1. The predicted molar refractivity (Wildman–Crippen MR) is 85.9 cm³/mol. The molecule has 0 radical (unpaired) electrons. The number of halogens is 1. The van der Waals surface area contributed by atoms with Crippen LogP contribution < -0.4 is 10.6 Å². The van der Waals surface area contributed by atoms with E-state index in [0.29, 0.717) is 6.42 Å². The molecule has 2 aliphatic rings. The molecule has 0 saturated carbocycles. The highest BCUT2D eigenvalue weighted by atomic mass is 35.5. The molecule has 1 aromatic carbocycles. The number of carbonyl (C=O) groups excluding carboxylic acids is 1. The first kappa shape index (κ1) is 16.1. The third-order valence-electron chi connectivity index (χ3n) is 3.90. The van der Waals surface area contributed by atoms with Gasteiger partial charge in [-0.05, 0) is 42.5 Å². The Morgan fingerprint density at radius 2 is 2.19 bits per heavy atom. The van der Waals surface area contributed by atoms with Crippen molar-refractivity contribution in [2.75, 3.05) is 28.7 Å². The zero-order valence-electron chi connectivity index (χ0n) is 11.6. The smallest absolute Gasteiger partial charge is 0.224 e. The van der Waals surface area contributed by atoms with Crippen LogP contribution in [0.3, 0.4) is 0 Å². The molecule has 0 aromatic heterocycles. The van der Waals surface area contributed by atoms with Crippen molar-refractivity contribution in [2.45, 2.75) is 19.3 Å². The molecule has 1 unspecified atom stereocenters. The molecule has 1 atom stereocenters. The molecule has 5 nitrogen and oxygen atoms in total. The van der Waals surface area contributed by atoms with Gasteiger partial charge < -0.3 is 10.6 Å². The van der Waals surface area contributed by atoms with Gasteiger partial charge in [-0.15, -0.1) is 12.4 Å².